The predicted molar refractivity (Wildman–Crippen MR) is 66.3 cm³/mol. The topological polar surface area (TPSA) is 6.48 Å². The van der Waals surface area contributed by atoms with Gasteiger partial charge in [0.2, 0.25) is 0 Å². The van der Waals surface area contributed by atoms with E-state index < -0.39 is 0 Å². The zero-order chi connectivity index (χ0) is 11.7. The van der Waals surface area contributed by atoms with Crippen LogP contribution in [0.15, 0.2) is 24.3 Å². The normalized spacial score (nSPS) is 22.9. The Morgan fingerprint density at radius 3 is 2.24 bits per heavy atom. The summed E-state index contributed by atoms with van der Waals surface area (Å²) in [6.07, 6.45) is 2.80. The summed E-state index contributed by atoms with van der Waals surface area (Å²) in [6.45, 7) is 5.65. The van der Waals surface area contributed by atoms with Crippen molar-refractivity contribution in [3.8, 4) is 0 Å². The van der Waals surface area contributed by atoms with Gasteiger partial charge in [0, 0.05) is 38.8 Å². The van der Waals surface area contributed by atoms with E-state index >= 15 is 0 Å². The van der Waals surface area contributed by atoms with E-state index in [0.717, 1.165) is 25.7 Å². The van der Waals surface area contributed by atoms with E-state index in [1.807, 2.05) is 12.1 Å². The van der Waals surface area contributed by atoms with Gasteiger partial charge in [0.15, 0.2) is 0 Å². The molecule has 92 valence electrons. The highest BCUT2D eigenvalue weighted by Crippen LogP contribution is 2.27. The SMILES string of the molecule is Fc1ccc(CN2CCN(C3CC3)CC2)cc1. The van der Waals surface area contributed by atoms with E-state index in [9.17, 15) is 4.39 Å². The molecule has 0 atom stereocenters. The first-order valence-electron chi connectivity index (χ1n) is 6.52. The van der Waals surface area contributed by atoms with Crippen LogP contribution in [0.1, 0.15) is 18.4 Å². The van der Waals surface area contributed by atoms with Crippen LogP contribution >= 0.6 is 0 Å². The van der Waals surface area contributed by atoms with Crippen molar-refractivity contribution >= 4 is 0 Å². The number of hydrogen-bond acceptors (Lipinski definition) is 2. The van der Waals surface area contributed by atoms with Crippen LogP contribution in [0.5, 0.6) is 0 Å². The van der Waals surface area contributed by atoms with Crippen molar-refractivity contribution < 1.29 is 4.39 Å². The van der Waals surface area contributed by atoms with E-state index in [1.54, 1.807) is 12.1 Å². The summed E-state index contributed by atoms with van der Waals surface area (Å²) in [6, 6.07) is 7.78. The zero-order valence-corrected chi connectivity index (χ0v) is 10.1. The molecule has 1 saturated carbocycles. The summed E-state index contributed by atoms with van der Waals surface area (Å²) in [4.78, 5) is 5.08. The molecule has 3 heteroatoms. The molecule has 1 heterocycles. The number of benzene rings is 1. The molecule has 1 aromatic rings. The van der Waals surface area contributed by atoms with E-state index in [4.69, 9.17) is 0 Å². The summed E-state index contributed by atoms with van der Waals surface area (Å²) in [5.41, 5.74) is 1.21. The van der Waals surface area contributed by atoms with Crippen molar-refractivity contribution in [1.29, 1.82) is 0 Å². The highest BCUT2D eigenvalue weighted by Gasteiger charge is 2.30. The second-order valence-electron chi connectivity index (χ2n) is 5.17. The number of rotatable bonds is 3. The third-order valence-corrected chi connectivity index (χ3v) is 3.79. The standard InChI is InChI=1S/C14H19FN2/c15-13-3-1-12(2-4-13)11-16-7-9-17(10-8-16)14-5-6-14/h1-4,14H,5-11H2. The molecule has 0 aromatic heterocycles. The maximum atomic E-state index is 12.8. The lowest BCUT2D eigenvalue weighted by molar-refractivity contribution is 0.121. The van der Waals surface area contributed by atoms with Crippen LogP contribution in [-0.4, -0.2) is 42.0 Å². The van der Waals surface area contributed by atoms with Gasteiger partial charge >= 0.3 is 0 Å². The molecular formula is C14H19FN2. The molecule has 1 aliphatic heterocycles. The van der Waals surface area contributed by atoms with E-state index in [-0.39, 0.29) is 5.82 Å². The molecule has 1 aliphatic carbocycles. The minimum atomic E-state index is -0.146. The van der Waals surface area contributed by atoms with Gasteiger partial charge in [-0.15, -0.1) is 0 Å². The lowest BCUT2D eigenvalue weighted by atomic mass is 10.2. The van der Waals surface area contributed by atoms with Crippen LogP contribution < -0.4 is 0 Å². The van der Waals surface area contributed by atoms with Gasteiger partial charge in [-0.3, -0.25) is 9.80 Å². The number of halogens is 1. The minimum absolute atomic E-state index is 0.146. The summed E-state index contributed by atoms with van der Waals surface area (Å²) in [5, 5.41) is 0. The van der Waals surface area contributed by atoms with E-state index in [0.29, 0.717) is 0 Å². The molecule has 0 bridgehead atoms. The van der Waals surface area contributed by atoms with Crippen molar-refractivity contribution in [3.05, 3.63) is 35.6 Å². The number of hydrogen-bond donors (Lipinski definition) is 0. The third kappa shape index (κ3) is 2.85. The Balaban J connectivity index is 1.51. The van der Waals surface area contributed by atoms with Gasteiger partial charge < -0.3 is 0 Å². The average molecular weight is 234 g/mol. The summed E-state index contributed by atoms with van der Waals surface area (Å²) in [7, 11) is 0. The molecule has 0 N–H and O–H groups in total. The molecule has 2 aliphatic rings. The monoisotopic (exact) mass is 234 g/mol. The van der Waals surface area contributed by atoms with Crippen LogP contribution in [-0.2, 0) is 6.54 Å². The smallest absolute Gasteiger partial charge is 0.123 e. The van der Waals surface area contributed by atoms with Gasteiger partial charge in [-0.05, 0) is 30.5 Å². The quantitative estimate of drug-likeness (QED) is 0.790. The largest absolute Gasteiger partial charge is 0.298 e. The Bertz CT molecular complexity index is 364. The Hall–Kier alpha value is -0.930. The second kappa shape index (κ2) is 4.75. The highest BCUT2D eigenvalue weighted by molar-refractivity contribution is 5.16. The summed E-state index contributed by atoms with van der Waals surface area (Å²) >= 11 is 0. The fraction of sp³-hybridized carbons (Fsp3) is 0.571. The Morgan fingerprint density at radius 1 is 1.00 bits per heavy atom. The molecule has 0 radical (unpaired) electrons. The highest BCUT2D eigenvalue weighted by atomic mass is 19.1. The molecule has 3 rings (SSSR count). The van der Waals surface area contributed by atoms with Crippen LogP contribution in [0.4, 0.5) is 4.39 Å². The summed E-state index contributed by atoms with van der Waals surface area (Å²) < 4.78 is 12.8. The predicted octanol–water partition coefficient (Wildman–Crippen LogP) is 2.11. The fourth-order valence-corrected chi connectivity index (χ4v) is 2.57. The molecule has 0 amide bonds. The maximum Gasteiger partial charge on any atom is 0.123 e. The van der Waals surface area contributed by atoms with Gasteiger partial charge in [0.25, 0.3) is 0 Å². The van der Waals surface area contributed by atoms with E-state index in [1.165, 1.54) is 31.5 Å². The summed E-state index contributed by atoms with van der Waals surface area (Å²) in [5.74, 6) is -0.146. The third-order valence-electron chi connectivity index (χ3n) is 3.79. The van der Waals surface area contributed by atoms with Crippen molar-refractivity contribution in [3.63, 3.8) is 0 Å². The number of piperazine rings is 1. The molecule has 17 heavy (non-hydrogen) atoms. The van der Waals surface area contributed by atoms with E-state index in [2.05, 4.69) is 9.80 Å². The van der Waals surface area contributed by atoms with Gasteiger partial charge in [0.1, 0.15) is 5.82 Å². The van der Waals surface area contributed by atoms with Crippen molar-refractivity contribution in [2.45, 2.75) is 25.4 Å². The first-order valence-corrected chi connectivity index (χ1v) is 6.52. The van der Waals surface area contributed by atoms with Crippen molar-refractivity contribution in [2.24, 2.45) is 0 Å². The van der Waals surface area contributed by atoms with Crippen LogP contribution in [0, 0.1) is 5.82 Å². The Labute approximate surface area is 102 Å². The molecule has 2 fully saturated rings. The lowest BCUT2D eigenvalue weighted by Gasteiger charge is -2.34. The number of nitrogens with zero attached hydrogens (tertiary/aromatic N) is 2. The average Bonchev–Trinajstić information content (AvgIpc) is 3.17. The first kappa shape index (κ1) is 11.2. The minimum Gasteiger partial charge on any atom is -0.298 e. The van der Waals surface area contributed by atoms with Crippen molar-refractivity contribution in [1.82, 2.24) is 9.80 Å². The van der Waals surface area contributed by atoms with Gasteiger partial charge in [-0.25, -0.2) is 4.39 Å². The molecule has 0 unspecified atom stereocenters. The molecular weight excluding hydrogens is 215 g/mol. The fourth-order valence-electron chi connectivity index (χ4n) is 2.57. The van der Waals surface area contributed by atoms with Crippen LogP contribution in [0.2, 0.25) is 0 Å². The lowest BCUT2D eigenvalue weighted by Crippen LogP contribution is -2.46. The molecule has 2 nitrogen and oxygen atoms in total. The van der Waals surface area contributed by atoms with Crippen LogP contribution in [0.25, 0.3) is 0 Å². The van der Waals surface area contributed by atoms with Gasteiger partial charge in [-0.2, -0.15) is 0 Å². The maximum absolute atomic E-state index is 12.8. The van der Waals surface area contributed by atoms with Gasteiger partial charge in [-0.1, -0.05) is 12.1 Å². The molecule has 1 aromatic carbocycles. The zero-order valence-electron chi connectivity index (χ0n) is 10.1. The van der Waals surface area contributed by atoms with Crippen molar-refractivity contribution in [2.75, 3.05) is 26.2 Å². The second-order valence-corrected chi connectivity index (χ2v) is 5.17. The molecule has 0 spiro atoms. The Kier molecular flexibility index (Phi) is 3.12. The molecule has 1 saturated heterocycles. The first-order chi connectivity index (χ1) is 8.31. The van der Waals surface area contributed by atoms with Gasteiger partial charge in [0.05, 0.1) is 0 Å². The van der Waals surface area contributed by atoms with Crippen LogP contribution in [0.3, 0.4) is 0 Å². The Morgan fingerprint density at radius 2 is 1.65 bits per heavy atom.